The highest BCUT2D eigenvalue weighted by Gasteiger charge is 2.17. The van der Waals surface area contributed by atoms with Crippen molar-refractivity contribution in [2.24, 2.45) is 0 Å². The number of hydrogen-bond donors (Lipinski definition) is 0. The molecule has 0 saturated carbocycles. The Labute approximate surface area is 145 Å². The van der Waals surface area contributed by atoms with Crippen LogP contribution in [-0.2, 0) is 11.3 Å². The smallest absolute Gasteiger partial charge is 0.265 e. The lowest BCUT2D eigenvalue weighted by molar-refractivity contribution is -0.120. The number of carbonyl (C=O) groups excluding carboxylic acids is 1. The standard InChI is InChI=1S/C19H18N2O2S/c1-15-5-2-7-17(11-15)23-14-19(22)21(13-18-8-4-10-24-18)16-6-3-9-20-12-16/h2-12H,13-14H2,1H3. The fourth-order valence-electron chi connectivity index (χ4n) is 2.32. The minimum absolute atomic E-state index is 0.0102. The van der Waals surface area contributed by atoms with Crippen LogP contribution in [0.2, 0.25) is 0 Å². The van der Waals surface area contributed by atoms with Gasteiger partial charge in [-0.15, -0.1) is 11.3 Å². The highest BCUT2D eigenvalue weighted by atomic mass is 32.1. The highest BCUT2D eigenvalue weighted by Crippen LogP contribution is 2.19. The number of benzene rings is 1. The summed E-state index contributed by atoms with van der Waals surface area (Å²) in [4.78, 5) is 19.6. The Balaban J connectivity index is 1.73. The van der Waals surface area contributed by atoms with Gasteiger partial charge in [0.2, 0.25) is 0 Å². The van der Waals surface area contributed by atoms with Gasteiger partial charge in [0, 0.05) is 11.1 Å². The third-order valence-electron chi connectivity index (χ3n) is 3.50. The Kier molecular flexibility index (Phi) is 5.23. The molecule has 5 heteroatoms. The summed E-state index contributed by atoms with van der Waals surface area (Å²) in [5.74, 6) is 0.600. The first-order chi connectivity index (χ1) is 11.7. The molecule has 122 valence electrons. The zero-order valence-electron chi connectivity index (χ0n) is 13.4. The largest absolute Gasteiger partial charge is 0.484 e. The number of nitrogens with zero attached hydrogens (tertiary/aromatic N) is 2. The normalized spacial score (nSPS) is 10.4. The molecule has 2 heterocycles. The molecule has 2 aromatic heterocycles. The molecule has 0 spiro atoms. The molecule has 0 N–H and O–H groups in total. The van der Waals surface area contributed by atoms with Gasteiger partial charge in [0.15, 0.2) is 6.61 Å². The van der Waals surface area contributed by atoms with Crippen LogP contribution in [-0.4, -0.2) is 17.5 Å². The summed E-state index contributed by atoms with van der Waals surface area (Å²) in [7, 11) is 0. The van der Waals surface area contributed by atoms with E-state index in [9.17, 15) is 4.79 Å². The van der Waals surface area contributed by atoms with Crippen LogP contribution >= 0.6 is 11.3 Å². The SMILES string of the molecule is Cc1cccc(OCC(=O)N(Cc2cccs2)c2cccnc2)c1. The molecule has 3 rings (SSSR count). The number of pyridine rings is 1. The minimum atomic E-state index is -0.0992. The van der Waals surface area contributed by atoms with Crippen LogP contribution in [0, 0.1) is 6.92 Å². The Morgan fingerprint density at radius 3 is 2.83 bits per heavy atom. The van der Waals surface area contributed by atoms with Gasteiger partial charge >= 0.3 is 0 Å². The molecular weight excluding hydrogens is 320 g/mol. The summed E-state index contributed by atoms with van der Waals surface area (Å²) in [6.07, 6.45) is 3.39. The van der Waals surface area contributed by atoms with Crippen LogP contribution in [0.25, 0.3) is 0 Å². The Bertz CT molecular complexity index is 788. The number of aromatic nitrogens is 1. The Hall–Kier alpha value is -2.66. The molecule has 0 aliphatic carbocycles. The first-order valence-electron chi connectivity index (χ1n) is 7.64. The van der Waals surface area contributed by atoms with E-state index in [4.69, 9.17) is 4.74 Å². The van der Waals surface area contributed by atoms with Gasteiger partial charge in [-0.1, -0.05) is 18.2 Å². The van der Waals surface area contributed by atoms with Crippen molar-refractivity contribution in [2.75, 3.05) is 11.5 Å². The molecule has 0 saturated heterocycles. The molecule has 4 nitrogen and oxygen atoms in total. The predicted molar refractivity (Wildman–Crippen MR) is 96.4 cm³/mol. The van der Waals surface area contributed by atoms with Gasteiger partial charge in [0.25, 0.3) is 5.91 Å². The van der Waals surface area contributed by atoms with Gasteiger partial charge in [-0.05, 0) is 48.2 Å². The van der Waals surface area contributed by atoms with Crippen molar-refractivity contribution in [3.05, 3.63) is 76.7 Å². The van der Waals surface area contributed by atoms with E-state index in [0.29, 0.717) is 12.3 Å². The summed E-state index contributed by atoms with van der Waals surface area (Å²) < 4.78 is 5.66. The Morgan fingerprint density at radius 2 is 2.12 bits per heavy atom. The summed E-state index contributed by atoms with van der Waals surface area (Å²) in [5.41, 5.74) is 1.87. The van der Waals surface area contributed by atoms with Gasteiger partial charge in [-0.2, -0.15) is 0 Å². The second-order valence-corrected chi connectivity index (χ2v) is 6.41. The third kappa shape index (κ3) is 4.20. The maximum atomic E-state index is 12.7. The van der Waals surface area contributed by atoms with Crippen molar-refractivity contribution >= 4 is 22.9 Å². The molecule has 1 amide bonds. The van der Waals surface area contributed by atoms with E-state index in [-0.39, 0.29) is 12.5 Å². The maximum absolute atomic E-state index is 12.7. The predicted octanol–water partition coefficient (Wildman–Crippen LogP) is 4.06. The van der Waals surface area contributed by atoms with Crippen molar-refractivity contribution in [3.8, 4) is 5.75 Å². The second-order valence-electron chi connectivity index (χ2n) is 5.38. The van der Waals surface area contributed by atoms with Crippen molar-refractivity contribution in [3.63, 3.8) is 0 Å². The first-order valence-corrected chi connectivity index (χ1v) is 8.52. The second kappa shape index (κ2) is 7.75. The molecule has 0 radical (unpaired) electrons. The van der Waals surface area contributed by atoms with Crippen LogP contribution in [0.1, 0.15) is 10.4 Å². The number of thiophene rings is 1. The minimum Gasteiger partial charge on any atom is -0.484 e. The lowest BCUT2D eigenvalue weighted by Crippen LogP contribution is -2.34. The quantitative estimate of drug-likeness (QED) is 0.680. The van der Waals surface area contributed by atoms with Gasteiger partial charge < -0.3 is 9.64 Å². The van der Waals surface area contributed by atoms with Crippen molar-refractivity contribution in [1.82, 2.24) is 4.98 Å². The average molecular weight is 338 g/mol. The van der Waals surface area contributed by atoms with E-state index < -0.39 is 0 Å². The molecule has 1 aromatic carbocycles. The number of amides is 1. The monoisotopic (exact) mass is 338 g/mol. The van der Waals surface area contributed by atoms with Crippen molar-refractivity contribution in [1.29, 1.82) is 0 Å². The number of hydrogen-bond acceptors (Lipinski definition) is 4. The van der Waals surface area contributed by atoms with Crippen LogP contribution in [0.5, 0.6) is 5.75 Å². The van der Waals surface area contributed by atoms with Crippen LogP contribution < -0.4 is 9.64 Å². The number of rotatable bonds is 6. The number of anilines is 1. The molecule has 0 atom stereocenters. The molecule has 0 aliphatic heterocycles. The molecule has 0 unspecified atom stereocenters. The highest BCUT2D eigenvalue weighted by molar-refractivity contribution is 7.09. The number of aryl methyl sites for hydroxylation is 1. The molecular formula is C19H18N2O2S. The number of carbonyl (C=O) groups is 1. The van der Waals surface area contributed by atoms with E-state index in [1.54, 1.807) is 28.6 Å². The summed E-state index contributed by atoms with van der Waals surface area (Å²) >= 11 is 1.62. The molecule has 0 aliphatic rings. The summed E-state index contributed by atoms with van der Waals surface area (Å²) in [5, 5.41) is 2.00. The number of ether oxygens (including phenoxy) is 1. The molecule has 24 heavy (non-hydrogen) atoms. The first kappa shape index (κ1) is 16.2. The van der Waals surface area contributed by atoms with Crippen LogP contribution in [0.15, 0.2) is 66.3 Å². The lowest BCUT2D eigenvalue weighted by atomic mass is 10.2. The zero-order chi connectivity index (χ0) is 16.8. The average Bonchev–Trinajstić information content (AvgIpc) is 3.12. The van der Waals surface area contributed by atoms with Gasteiger partial charge in [-0.3, -0.25) is 9.78 Å². The van der Waals surface area contributed by atoms with E-state index in [1.807, 2.05) is 60.8 Å². The summed E-state index contributed by atoms with van der Waals surface area (Å²) in [6, 6.07) is 15.4. The van der Waals surface area contributed by atoms with Crippen LogP contribution in [0.3, 0.4) is 0 Å². The maximum Gasteiger partial charge on any atom is 0.265 e. The van der Waals surface area contributed by atoms with Gasteiger partial charge in [-0.25, -0.2) is 0 Å². The van der Waals surface area contributed by atoms with Crippen molar-refractivity contribution < 1.29 is 9.53 Å². The van der Waals surface area contributed by atoms with E-state index in [0.717, 1.165) is 16.1 Å². The fourth-order valence-corrected chi connectivity index (χ4v) is 3.02. The molecule has 0 bridgehead atoms. The van der Waals surface area contributed by atoms with Gasteiger partial charge in [0.1, 0.15) is 5.75 Å². The van der Waals surface area contributed by atoms with E-state index in [2.05, 4.69) is 4.98 Å². The Morgan fingerprint density at radius 1 is 1.21 bits per heavy atom. The molecule has 0 fully saturated rings. The van der Waals surface area contributed by atoms with Crippen molar-refractivity contribution in [2.45, 2.75) is 13.5 Å². The van der Waals surface area contributed by atoms with E-state index in [1.165, 1.54) is 0 Å². The zero-order valence-corrected chi connectivity index (χ0v) is 14.2. The lowest BCUT2D eigenvalue weighted by Gasteiger charge is -2.22. The van der Waals surface area contributed by atoms with Crippen LogP contribution in [0.4, 0.5) is 5.69 Å². The fraction of sp³-hybridized carbons (Fsp3) is 0.158. The molecule has 3 aromatic rings. The third-order valence-corrected chi connectivity index (χ3v) is 4.37. The topological polar surface area (TPSA) is 42.4 Å². The summed E-state index contributed by atoms with van der Waals surface area (Å²) in [6.45, 7) is 2.50. The van der Waals surface area contributed by atoms with E-state index >= 15 is 0 Å². The van der Waals surface area contributed by atoms with Gasteiger partial charge in [0.05, 0.1) is 18.4 Å².